The standard InChI is InChI=1S/C19H19ClN2O3S/c1-2-22-16-10-7-14(12-17(16)26-19(22)24)21-18(23)4-3-11-25-15-8-5-13(20)6-9-15/h5-10,12H,2-4,11H2,1H3,(H,21,23). The third-order valence-corrected chi connectivity index (χ3v) is 5.09. The van der Waals surface area contributed by atoms with Crippen LogP contribution >= 0.6 is 22.9 Å². The van der Waals surface area contributed by atoms with E-state index in [1.165, 1.54) is 11.3 Å². The molecule has 1 amide bonds. The van der Waals surface area contributed by atoms with E-state index in [4.69, 9.17) is 16.3 Å². The number of aryl methyl sites for hydroxylation is 1. The van der Waals surface area contributed by atoms with Crippen LogP contribution in [0.1, 0.15) is 19.8 Å². The smallest absolute Gasteiger partial charge is 0.308 e. The molecule has 0 aliphatic rings. The van der Waals surface area contributed by atoms with Crippen LogP contribution in [0.5, 0.6) is 5.75 Å². The first-order chi connectivity index (χ1) is 12.6. The normalized spacial score (nSPS) is 10.8. The zero-order valence-electron chi connectivity index (χ0n) is 14.3. The van der Waals surface area contributed by atoms with Crippen molar-refractivity contribution in [1.29, 1.82) is 0 Å². The molecule has 136 valence electrons. The van der Waals surface area contributed by atoms with E-state index in [2.05, 4.69) is 5.32 Å². The van der Waals surface area contributed by atoms with Gasteiger partial charge in [0.15, 0.2) is 0 Å². The summed E-state index contributed by atoms with van der Waals surface area (Å²) in [6, 6.07) is 12.7. The van der Waals surface area contributed by atoms with Crippen LogP contribution in [0.2, 0.25) is 5.02 Å². The summed E-state index contributed by atoms with van der Waals surface area (Å²) >= 11 is 7.01. The number of ether oxygens (including phenoxy) is 1. The number of fused-ring (bicyclic) bond motifs is 1. The summed E-state index contributed by atoms with van der Waals surface area (Å²) in [5.41, 5.74) is 1.60. The van der Waals surface area contributed by atoms with Crippen LogP contribution in [-0.2, 0) is 11.3 Å². The number of anilines is 1. The topological polar surface area (TPSA) is 60.3 Å². The van der Waals surface area contributed by atoms with Crippen molar-refractivity contribution in [3.05, 3.63) is 57.2 Å². The van der Waals surface area contributed by atoms with Crippen molar-refractivity contribution >= 4 is 44.7 Å². The summed E-state index contributed by atoms with van der Waals surface area (Å²) < 4.78 is 8.17. The lowest BCUT2D eigenvalue weighted by Crippen LogP contribution is -2.13. The predicted molar refractivity (Wildman–Crippen MR) is 107 cm³/mol. The Labute approximate surface area is 160 Å². The number of nitrogens with one attached hydrogen (secondary N) is 1. The van der Waals surface area contributed by atoms with Gasteiger partial charge in [-0.3, -0.25) is 14.2 Å². The first-order valence-corrected chi connectivity index (χ1v) is 9.58. The minimum Gasteiger partial charge on any atom is -0.494 e. The number of benzene rings is 2. The van der Waals surface area contributed by atoms with Crippen molar-refractivity contribution in [2.24, 2.45) is 0 Å². The number of halogens is 1. The molecule has 1 aromatic heterocycles. The van der Waals surface area contributed by atoms with Crippen molar-refractivity contribution < 1.29 is 9.53 Å². The van der Waals surface area contributed by atoms with Crippen LogP contribution < -0.4 is 14.9 Å². The van der Waals surface area contributed by atoms with Gasteiger partial charge in [0, 0.05) is 23.7 Å². The molecule has 0 saturated heterocycles. The quantitative estimate of drug-likeness (QED) is 0.603. The van der Waals surface area contributed by atoms with Crippen molar-refractivity contribution in [3.8, 4) is 5.75 Å². The van der Waals surface area contributed by atoms with E-state index in [1.807, 2.05) is 25.1 Å². The summed E-state index contributed by atoms with van der Waals surface area (Å²) in [4.78, 5) is 24.0. The fourth-order valence-corrected chi connectivity index (χ4v) is 3.74. The van der Waals surface area contributed by atoms with Gasteiger partial charge in [-0.15, -0.1) is 0 Å². The molecule has 26 heavy (non-hydrogen) atoms. The third-order valence-electron chi connectivity index (χ3n) is 3.90. The largest absolute Gasteiger partial charge is 0.494 e. The molecular formula is C19H19ClN2O3S. The van der Waals surface area contributed by atoms with Crippen LogP contribution in [0, 0.1) is 0 Å². The van der Waals surface area contributed by atoms with Crippen molar-refractivity contribution in [2.45, 2.75) is 26.3 Å². The van der Waals surface area contributed by atoms with Gasteiger partial charge in [0.2, 0.25) is 5.91 Å². The second kappa shape index (κ2) is 8.38. The number of amides is 1. The van der Waals surface area contributed by atoms with Gasteiger partial charge in [-0.05, 0) is 55.8 Å². The Morgan fingerprint density at radius 2 is 2.00 bits per heavy atom. The van der Waals surface area contributed by atoms with E-state index in [9.17, 15) is 9.59 Å². The zero-order chi connectivity index (χ0) is 18.5. The number of aromatic nitrogens is 1. The average Bonchev–Trinajstić information content (AvgIpc) is 2.94. The molecule has 0 fully saturated rings. The SMILES string of the molecule is CCn1c(=O)sc2cc(NC(=O)CCCOc3ccc(Cl)cc3)ccc21. The van der Waals surface area contributed by atoms with Crippen molar-refractivity contribution in [2.75, 3.05) is 11.9 Å². The van der Waals surface area contributed by atoms with E-state index >= 15 is 0 Å². The second-order valence-electron chi connectivity index (χ2n) is 5.75. The molecule has 2 aromatic carbocycles. The van der Waals surface area contributed by atoms with Gasteiger partial charge in [0.1, 0.15) is 5.75 Å². The molecule has 1 heterocycles. The second-order valence-corrected chi connectivity index (χ2v) is 7.18. The number of hydrogen-bond acceptors (Lipinski definition) is 4. The number of nitrogens with zero attached hydrogens (tertiary/aromatic N) is 1. The molecule has 0 unspecified atom stereocenters. The van der Waals surface area contributed by atoms with Gasteiger partial charge < -0.3 is 10.1 Å². The van der Waals surface area contributed by atoms with E-state index in [0.29, 0.717) is 36.7 Å². The van der Waals surface area contributed by atoms with Gasteiger partial charge in [-0.25, -0.2) is 0 Å². The molecule has 3 rings (SSSR count). The summed E-state index contributed by atoms with van der Waals surface area (Å²) in [5, 5.41) is 3.53. The maximum Gasteiger partial charge on any atom is 0.308 e. The molecule has 0 aliphatic heterocycles. The molecule has 0 spiro atoms. The Bertz CT molecular complexity index is 963. The molecule has 1 N–H and O–H groups in total. The molecule has 0 aliphatic carbocycles. The van der Waals surface area contributed by atoms with E-state index in [-0.39, 0.29) is 10.8 Å². The van der Waals surface area contributed by atoms with Gasteiger partial charge in [0.05, 0.1) is 16.8 Å². The number of carbonyl (C=O) groups is 1. The highest BCUT2D eigenvalue weighted by atomic mass is 35.5. The first-order valence-electron chi connectivity index (χ1n) is 8.38. The fraction of sp³-hybridized carbons (Fsp3) is 0.263. The Kier molecular flexibility index (Phi) is 5.96. The van der Waals surface area contributed by atoms with E-state index in [1.54, 1.807) is 28.8 Å². The summed E-state index contributed by atoms with van der Waals surface area (Å²) in [6.45, 7) is 3.03. The van der Waals surface area contributed by atoms with Gasteiger partial charge in [0.25, 0.3) is 0 Å². The molecule has 5 nitrogen and oxygen atoms in total. The maximum absolute atomic E-state index is 12.1. The Morgan fingerprint density at radius 1 is 1.23 bits per heavy atom. The minimum atomic E-state index is -0.0775. The summed E-state index contributed by atoms with van der Waals surface area (Å²) in [7, 11) is 0. The van der Waals surface area contributed by atoms with Crippen LogP contribution in [0.25, 0.3) is 10.2 Å². The van der Waals surface area contributed by atoms with Gasteiger partial charge >= 0.3 is 4.87 Å². The lowest BCUT2D eigenvalue weighted by molar-refractivity contribution is -0.116. The van der Waals surface area contributed by atoms with Crippen LogP contribution in [0.15, 0.2) is 47.3 Å². The molecule has 0 bridgehead atoms. The van der Waals surface area contributed by atoms with E-state index < -0.39 is 0 Å². The van der Waals surface area contributed by atoms with Crippen LogP contribution in [0.4, 0.5) is 5.69 Å². The van der Waals surface area contributed by atoms with Crippen LogP contribution in [-0.4, -0.2) is 17.1 Å². The number of hydrogen-bond donors (Lipinski definition) is 1. The monoisotopic (exact) mass is 390 g/mol. The zero-order valence-corrected chi connectivity index (χ0v) is 15.9. The van der Waals surface area contributed by atoms with Crippen LogP contribution in [0.3, 0.4) is 0 Å². The fourth-order valence-electron chi connectivity index (χ4n) is 2.62. The predicted octanol–water partition coefficient (Wildman–Crippen LogP) is 4.53. The number of carbonyl (C=O) groups excluding carboxylic acids is 1. The number of rotatable bonds is 7. The lowest BCUT2D eigenvalue weighted by atomic mass is 10.2. The summed E-state index contributed by atoms with van der Waals surface area (Å²) in [5.74, 6) is 0.655. The van der Waals surface area contributed by atoms with E-state index in [0.717, 1.165) is 16.0 Å². The Balaban J connectivity index is 1.50. The molecule has 0 radical (unpaired) electrons. The molecule has 0 atom stereocenters. The van der Waals surface area contributed by atoms with Crippen molar-refractivity contribution in [3.63, 3.8) is 0 Å². The lowest BCUT2D eigenvalue weighted by Gasteiger charge is -2.07. The summed E-state index contributed by atoms with van der Waals surface area (Å²) in [6.07, 6.45) is 0.966. The molecule has 7 heteroatoms. The molecule has 0 saturated carbocycles. The molecular weight excluding hydrogens is 372 g/mol. The number of thiazole rings is 1. The minimum absolute atomic E-state index is 0.0188. The first kappa shape index (κ1) is 18.5. The van der Waals surface area contributed by atoms with Gasteiger partial charge in [-0.1, -0.05) is 22.9 Å². The molecule has 3 aromatic rings. The Morgan fingerprint density at radius 3 is 2.73 bits per heavy atom. The van der Waals surface area contributed by atoms with Gasteiger partial charge in [-0.2, -0.15) is 0 Å². The maximum atomic E-state index is 12.1. The highest BCUT2D eigenvalue weighted by molar-refractivity contribution is 7.16. The highest BCUT2D eigenvalue weighted by Crippen LogP contribution is 2.22. The average molecular weight is 391 g/mol. The highest BCUT2D eigenvalue weighted by Gasteiger charge is 2.08. The van der Waals surface area contributed by atoms with Crippen molar-refractivity contribution in [1.82, 2.24) is 4.57 Å². The Hall–Kier alpha value is -2.31. The third kappa shape index (κ3) is 4.45.